The molecule has 0 spiro atoms. The second kappa shape index (κ2) is 7.92. The number of hydrogen-bond donors (Lipinski definition) is 1. The van der Waals surface area contributed by atoms with Crippen LogP contribution in [-0.2, 0) is 10.2 Å². The zero-order valence-electron chi connectivity index (χ0n) is 13.8. The van der Waals surface area contributed by atoms with Crippen molar-refractivity contribution >= 4 is 0 Å². The van der Waals surface area contributed by atoms with E-state index in [0.29, 0.717) is 6.10 Å². The van der Waals surface area contributed by atoms with Crippen molar-refractivity contribution in [3.8, 4) is 0 Å². The molecule has 21 heavy (non-hydrogen) atoms. The molecule has 118 valence electrons. The monoisotopic (exact) mass is 290 g/mol. The van der Waals surface area contributed by atoms with E-state index in [4.69, 9.17) is 4.74 Å². The molecule has 0 radical (unpaired) electrons. The molecule has 2 unspecified atom stereocenters. The quantitative estimate of drug-likeness (QED) is 0.781. The number of benzene rings is 1. The molecule has 0 saturated carbocycles. The maximum absolute atomic E-state index is 5.67. The lowest BCUT2D eigenvalue weighted by atomic mass is 9.81. The van der Waals surface area contributed by atoms with Gasteiger partial charge in [0.25, 0.3) is 0 Å². The number of nitrogens with one attached hydrogen (secondary N) is 1. The lowest BCUT2D eigenvalue weighted by Crippen LogP contribution is -2.50. The Bertz CT molecular complexity index is 409. The van der Waals surface area contributed by atoms with Gasteiger partial charge in [0.05, 0.1) is 12.7 Å². The Morgan fingerprint density at radius 2 is 2.10 bits per heavy atom. The molecule has 0 amide bonds. The largest absolute Gasteiger partial charge is 0.376 e. The molecule has 0 bridgehead atoms. The lowest BCUT2D eigenvalue weighted by molar-refractivity contribution is -0.0246. The van der Waals surface area contributed by atoms with Crippen LogP contribution in [0.25, 0.3) is 0 Å². The van der Waals surface area contributed by atoms with Crippen LogP contribution in [0.4, 0.5) is 0 Å². The Hall–Kier alpha value is -0.900. The number of ether oxygens (including phenoxy) is 1. The molecule has 1 aliphatic heterocycles. The van der Waals surface area contributed by atoms with Crippen LogP contribution in [-0.4, -0.2) is 50.3 Å². The van der Waals surface area contributed by atoms with Gasteiger partial charge in [-0.2, -0.15) is 0 Å². The van der Waals surface area contributed by atoms with Crippen LogP contribution in [0.15, 0.2) is 30.3 Å². The minimum absolute atomic E-state index is 0.146. The summed E-state index contributed by atoms with van der Waals surface area (Å²) in [6.45, 7) is 12.9. The minimum Gasteiger partial charge on any atom is -0.376 e. The van der Waals surface area contributed by atoms with Crippen LogP contribution in [0, 0.1) is 0 Å². The molecular weight excluding hydrogens is 260 g/mol. The summed E-state index contributed by atoms with van der Waals surface area (Å²) < 4.78 is 5.67. The molecule has 1 saturated heterocycles. The number of nitrogens with zero attached hydrogens (tertiary/aromatic N) is 1. The zero-order chi connectivity index (χ0) is 15.1. The van der Waals surface area contributed by atoms with Crippen molar-refractivity contribution in [2.45, 2.75) is 38.7 Å². The van der Waals surface area contributed by atoms with Gasteiger partial charge in [-0.1, -0.05) is 44.2 Å². The van der Waals surface area contributed by atoms with Gasteiger partial charge >= 0.3 is 0 Å². The molecular formula is C18H30N2O. The van der Waals surface area contributed by atoms with Gasteiger partial charge in [0.15, 0.2) is 0 Å². The number of morpholine rings is 1. The van der Waals surface area contributed by atoms with E-state index in [2.05, 4.69) is 61.3 Å². The Kier molecular flexibility index (Phi) is 6.22. The number of hydrogen-bond acceptors (Lipinski definition) is 3. The maximum Gasteiger partial charge on any atom is 0.0674 e. The first-order valence-corrected chi connectivity index (χ1v) is 8.24. The van der Waals surface area contributed by atoms with Crippen molar-refractivity contribution in [3.63, 3.8) is 0 Å². The fraction of sp³-hybridized carbons (Fsp3) is 0.667. The fourth-order valence-corrected chi connectivity index (χ4v) is 3.16. The first kappa shape index (κ1) is 16.5. The second-order valence-corrected chi connectivity index (χ2v) is 6.52. The maximum atomic E-state index is 5.67. The summed E-state index contributed by atoms with van der Waals surface area (Å²) in [7, 11) is 0. The zero-order valence-corrected chi connectivity index (χ0v) is 13.8. The molecule has 1 fully saturated rings. The first-order valence-electron chi connectivity index (χ1n) is 8.24. The van der Waals surface area contributed by atoms with Crippen molar-refractivity contribution < 1.29 is 4.74 Å². The third-order valence-corrected chi connectivity index (χ3v) is 4.31. The Morgan fingerprint density at radius 3 is 2.76 bits per heavy atom. The van der Waals surface area contributed by atoms with Crippen molar-refractivity contribution in [1.82, 2.24) is 10.2 Å². The highest BCUT2D eigenvalue weighted by Crippen LogP contribution is 2.25. The van der Waals surface area contributed by atoms with Gasteiger partial charge in [0.2, 0.25) is 0 Å². The SMILES string of the molecule is CCCNCC(C)(CN1CCOC(C)C1)c1ccccc1. The van der Waals surface area contributed by atoms with Gasteiger partial charge in [0, 0.05) is 31.6 Å². The molecule has 0 aliphatic carbocycles. The van der Waals surface area contributed by atoms with Crippen LogP contribution in [0.3, 0.4) is 0 Å². The van der Waals surface area contributed by atoms with E-state index in [0.717, 1.165) is 39.3 Å². The normalized spacial score (nSPS) is 22.9. The third-order valence-electron chi connectivity index (χ3n) is 4.31. The Balaban J connectivity index is 2.07. The molecule has 1 aromatic rings. The predicted molar refractivity (Wildman–Crippen MR) is 88.8 cm³/mol. The van der Waals surface area contributed by atoms with Crippen LogP contribution >= 0.6 is 0 Å². The molecule has 1 heterocycles. The highest BCUT2D eigenvalue weighted by molar-refractivity contribution is 5.25. The fourth-order valence-electron chi connectivity index (χ4n) is 3.16. The highest BCUT2D eigenvalue weighted by Gasteiger charge is 2.30. The van der Waals surface area contributed by atoms with Gasteiger partial charge in [0.1, 0.15) is 0 Å². The predicted octanol–water partition coefficient (Wildman–Crippen LogP) is 2.66. The summed E-state index contributed by atoms with van der Waals surface area (Å²) in [5.41, 5.74) is 1.57. The molecule has 1 aromatic carbocycles. The molecule has 0 aromatic heterocycles. The van der Waals surface area contributed by atoms with Crippen LogP contribution < -0.4 is 5.32 Å². The molecule has 1 N–H and O–H groups in total. The van der Waals surface area contributed by atoms with E-state index in [-0.39, 0.29) is 5.41 Å². The average Bonchev–Trinajstić information content (AvgIpc) is 2.48. The smallest absolute Gasteiger partial charge is 0.0674 e. The van der Waals surface area contributed by atoms with Gasteiger partial charge in [-0.25, -0.2) is 0 Å². The van der Waals surface area contributed by atoms with Crippen LogP contribution in [0.5, 0.6) is 0 Å². The van der Waals surface area contributed by atoms with E-state index in [9.17, 15) is 0 Å². The van der Waals surface area contributed by atoms with Gasteiger partial charge in [-0.15, -0.1) is 0 Å². The van der Waals surface area contributed by atoms with Crippen molar-refractivity contribution in [2.75, 3.05) is 39.3 Å². The van der Waals surface area contributed by atoms with Crippen LogP contribution in [0.2, 0.25) is 0 Å². The van der Waals surface area contributed by atoms with E-state index in [1.807, 2.05) is 0 Å². The van der Waals surface area contributed by atoms with Gasteiger partial charge in [-0.3, -0.25) is 4.90 Å². The highest BCUT2D eigenvalue weighted by atomic mass is 16.5. The molecule has 1 aliphatic rings. The molecule has 3 heteroatoms. The molecule has 2 rings (SSSR count). The van der Waals surface area contributed by atoms with E-state index in [1.54, 1.807) is 0 Å². The Labute approximate surface area is 129 Å². The van der Waals surface area contributed by atoms with Crippen molar-refractivity contribution in [2.24, 2.45) is 0 Å². The summed E-state index contributed by atoms with van der Waals surface area (Å²) >= 11 is 0. The summed E-state index contributed by atoms with van der Waals surface area (Å²) in [6, 6.07) is 10.9. The average molecular weight is 290 g/mol. The standard InChI is InChI=1S/C18H30N2O/c1-4-10-19-14-18(3,17-8-6-5-7-9-17)15-20-11-12-21-16(2)13-20/h5-9,16,19H,4,10-15H2,1-3H3. The third kappa shape index (κ3) is 4.80. The molecule has 3 nitrogen and oxygen atoms in total. The summed E-state index contributed by atoms with van der Waals surface area (Å²) in [5.74, 6) is 0. The number of rotatable bonds is 7. The minimum atomic E-state index is 0.146. The van der Waals surface area contributed by atoms with E-state index >= 15 is 0 Å². The van der Waals surface area contributed by atoms with E-state index < -0.39 is 0 Å². The lowest BCUT2D eigenvalue weighted by Gasteiger charge is -2.39. The first-order chi connectivity index (χ1) is 10.1. The van der Waals surface area contributed by atoms with Gasteiger partial charge < -0.3 is 10.1 Å². The van der Waals surface area contributed by atoms with Crippen LogP contribution in [0.1, 0.15) is 32.8 Å². The second-order valence-electron chi connectivity index (χ2n) is 6.52. The van der Waals surface area contributed by atoms with Gasteiger partial charge in [-0.05, 0) is 25.5 Å². The molecule has 2 atom stereocenters. The topological polar surface area (TPSA) is 24.5 Å². The summed E-state index contributed by atoms with van der Waals surface area (Å²) in [5, 5.41) is 3.62. The van der Waals surface area contributed by atoms with Crippen molar-refractivity contribution in [1.29, 1.82) is 0 Å². The Morgan fingerprint density at radius 1 is 1.33 bits per heavy atom. The summed E-state index contributed by atoms with van der Waals surface area (Å²) in [4.78, 5) is 2.55. The summed E-state index contributed by atoms with van der Waals surface area (Å²) in [6.07, 6.45) is 1.53. The van der Waals surface area contributed by atoms with Crippen molar-refractivity contribution in [3.05, 3.63) is 35.9 Å². The van der Waals surface area contributed by atoms with E-state index in [1.165, 1.54) is 12.0 Å².